The van der Waals surface area contributed by atoms with Gasteiger partial charge in [0.15, 0.2) is 0 Å². The molecule has 1 spiro atoms. The Bertz CT molecular complexity index is 504. The molecule has 0 aliphatic carbocycles. The molecule has 0 aromatic carbocycles. The molecule has 25 heavy (non-hydrogen) atoms. The molecular weight excluding hydrogens is 318 g/mol. The summed E-state index contributed by atoms with van der Waals surface area (Å²) in [5, 5.41) is 0. The second kappa shape index (κ2) is 7.60. The van der Waals surface area contributed by atoms with Gasteiger partial charge in [0.05, 0.1) is 12.5 Å². The lowest BCUT2D eigenvalue weighted by Crippen LogP contribution is -2.65. The molecule has 3 rings (SSSR count). The highest BCUT2D eigenvalue weighted by Crippen LogP contribution is 2.32. The van der Waals surface area contributed by atoms with E-state index in [9.17, 15) is 9.59 Å². The molecule has 3 aliphatic rings. The largest absolute Gasteiger partial charge is 0.369 e. The average Bonchev–Trinajstić information content (AvgIpc) is 2.59. The predicted molar refractivity (Wildman–Crippen MR) is 97.0 cm³/mol. The molecule has 1 atom stereocenters. The Kier molecular flexibility index (Phi) is 5.65. The summed E-state index contributed by atoms with van der Waals surface area (Å²) in [6.45, 7) is 6.62. The lowest BCUT2D eigenvalue weighted by atomic mass is 9.83. The number of hydrogen-bond donors (Lipinski definition) is 1. The van der Waals surface area contributed by atoms with E-state index < -0.39 is 0 Å². The van der Waals surface area contributed by atoms with Gasteiger partial charge in [-0.15, -0.1) is 0 Å². The molecule has 3 saturated heterocycles. The van der Waals surface area contributed by atoms with E-state index in [1.807, 2.05) is 4.90 Å². The first-order valence-corrected chi connectivity index (χ1v) is 9.59. The first-order valence-electron chi connectivity index (χ1n) is 9.59. The highest BCUT2D eigenvalue weighted by atomic mass is 16.2. The molecule has 0 aromatic rings. The fourth-order valence-electron chi connectivity index (χ4n) is 4.70. The van der Waals surface area contributed by atoms with E-state index in [-0.39, 0.29) is 29.8 Å². The van der Waals surface area contributed by atoms with Gasteiger partial charge >= 0.3 is 0 Å². The van der Waals surface area contributed by atoms with Crippen molar-refractivity contribution in [1.82, 2.24) is 19.6 Å². The maximum absolute atomic E-state index is 13.1. The summed E-state index contributed by atoms with van der Waals surface area (Å²) in [6, 6.07) is 0. The lowest BCUT2D eigenvalue weighted by molar-refractivity contribution is -0.144. The van der Waals surface area contributed by atoms with E-state index in [0.29, 0.717) is 6.54 Å². The Hall–Kier alpha value is -1.18. The van der Waals surface area contributed by atoms with Crippen LogP contribution in [-0.2, 0) is 9.59 Å². The van der Waals surface area contributed by atoms with Crippen LogP contribution in [0, 0.1) is 5.92 Å². The Morgan fingerprint density at radius 1 is 1.08 bits per heavy atom. The van der Waals surface area contributed by atoms with Crippen molar-refractivity contribution in [2.45, 2.75) is 31.2 Å². The van der Waals surface area contributed by atoms with Crippen LogP contribution in [0.5, 0.6) is 0 Å². The standard InChI is InChI=1S/C18H33N5O2/c1-20-8-5-18(6-9-20)14-23(11-10-21(18)2)17(25)15-4-3-7-22(12-15)13-16(19)24/h15H,3-14H2,1-2H3,(H2,19,24). The topological polar surface area (TPSA) is 73.1 Å². The highest BCUT2D eigenvalue weighted by molar-refractivity contribution is 5.80. The fraction of sp³-hybridized carbons (Fsp3) is 0.889. The van der Waals surface area contributed by atoms with E-state index >= 15 is 0 Å². The van der Waals surface area contributed by atoms with Crippen LogP contribution >= 0.6 is 0 Å². The van der Waals surface area contributed by atoms with Crippen LogP contribution in [0.25, 0.3) is 0 Å². The molecule has 2 N–H and O–H groups in total. The SMILES string of the molecule is CN1CCC2(CC1)CN(C(=O)C1CCCN(CC(N)=O)C1)CCN2C. The molecule has 0 aromatic heterocycles. The molecule has 7 nitrogen and oxygen atoms in total. The zero-order valence-electron chi connectivity index (χ0n) is 15.7. The normalized spacial score (nSPS) is 29.0. The summed E-state index contributed by atoms with van der Waals surface area (Å²) in [7, 11) is 4.39. The van der Waals surface area contributed by atoms with E-state index in [4.69, 9.17) is 5.73 Å². The Morgan fingerprint density at radius 3 is 2.48 bits per heavy atom. The number of carbonyl (C=O) groups is 2. The van der Waals surface area contributed by atoms with Crippen LogP contribution in [0.1, 0.15) is 25.7 Å². The molecule has 0 radical (unpaired) electrons. The van der Waals surface area contributed by atoms with Crippen molar-refractivity contribution >= 4 is 11.8 Å². The van der Waals surface area contributed by atoms with E-state index in [1.54, 1.807) is 0 Å². The number of carbonyl (C=O) groups excluding carboxylic acids is 2. The fourth-order valence-corrected chi connectivity index (χ4v) is 4.70. The summed E-state index contributed by atoms with van der Waals surface area (Å²) in [6.07, 6.45) is 4.15. The lowest BCUT2D eigenvalue weighted by Gasteiger charge is -2.53. The third kappa shape index (κ3) is 4.15. The summed E-state index contributed by atoms with van der Waals surface area (Å²) in [5.41, 5.74) is 5.46. The highest BCUT2D eigenvalue weighted by Gasteiger charge is 2.43. The van der Waals surface area contributed by atoms with Gasteiger partial charge in [-0.2, -0.15) is 0 Å². The average molecular weight is 351 g/mol. The number of hydrogen-bond acceptors (Lipinski definition) is 5. The minimum Gasteiger partial charge on any atom is -0.369 e. The number of rotatable bonds is 3. The maximum atomic E-state index is 13.1. The van der Waals surface area contributed by atoms with Gasteiger partial charge in [0.2, 0.25) is 11.8 Å². The minimum absolute atomic E-state index is 0.0137. The molecule has 3 heterocycles. The molecule has 7 heteroatoms. The molecule has 1 unspecified atom stereocenters. The Morgan fingerprint density at radius 2 is 1.80 bits per heavy atom. The van der Waals surface area contributed by atoms with Crippen molar-refractivity contribution in [2.24, 2.45) is 11.7 Å². The number of piperidine rings is 2. The van der Waals surface area contributed by atoms with Crippen LogP contribution in [0.4, 0.5) is 0 Å². The first kappa shape index (κ1) is 18.6. The third-order valence-corrected chi connectivity index (χ3v) is 6.46. The van der Waals surface area contributed by atoms with Crippen molar-refractivity contribution in [3.05, 3.63) is 0 Å². The van der Waals surface area contributed by atoms with Crippen molar-refractivity contribution < 1.29 is 9.59 Å². The van der Waals surface area contributed by atoms with Crippen LogP contribution < -0.4 is 5.73 Å². The van der Waals surface area contributed by atoms with Gasteiger partial charge in [0.1, 0.15) is 0 Å². The smallest absolute Gasteiger partial charge is 0.231 e. The zero-order chi connectivity index (χ0) is 18.0. The second-order valence-electron chi connectivity index (χ2n) is 8.25. The van der Waals surface area contributed by atoms with Gasteiger partial charge in [-0.05, 0) is 59.4 Å². The Labute approximate surface area is 151 Å². The molecule has 3 fully saturated rings. The van der Waals surface area contributed by atoms with Gasteiger partial charge in [-0.3, -0.25) is 19.4 Å². The molecule has 0 saturated carbocycles. The monoisotopic (exact) mass is 351 g/mol. The van der Waals surface area contributed by atoms with Crippen LogP contribution in [0.3, 0.4) is 0 Å². The number of nitrogens with two attached hydrogens (primary N) is 1. The molecule has 3 aliphatic heterocycles. The van der Waals surface area contributed by atoms with Gasteiger partial charge in [-0.1, -0.05) is 0 Å². The molecule has 0 bridgehead atoms. The summed E-state index contributed by atoms with van der Waals surface area (Å²) < 4.78 is 0. The van der Waals surface area contributed by atoms with E-state index in [2.05, 4.69) is 28.8 Å². The first-order chi connectivity index (χ1) is 11.9. The number of primary amides is 1. The van der Waals surface area contributed by atoms with Gasteiger partial charge in [0, 0.05) is 31.7 Å². The van der Waals surface area contributed by atoms with E-state index in [1.165, 1.54) is 0 Å². The van der Waals surface area contributed by atoms with Crippen molar-refractivity contribution in [1.29, 1.82) is 0 Å². The van der Waals surface area contributed by atoms with Crippen molar-refractivity contribution in [2.75, 3.05) is 66.5 Å². The second-order valence-corrected chi connectivity index (χ2v) is 8.25. The quantitative estimate of drug-likeness (QED) is 0.737. The summed E-state index contributed by atoms with van der Waals surface area (Å²) >= 11 is 0. The number of amides is 2. The number of nitrogens with zero attached hydrogens (tertiary/aromatic N) is 4. The minimum atomic E-state index is -0.307. The maximum Gasteiger partial charge on any atom is 0.231 e. The van der Waals surface area contributed by atoms with Crippen molar-refractivity contribution in [3.63, 3.8) is 0 Å². The van der Waals surface area contributed by atoms with Gasteiger partial charge in [-0.25, -0.2) is 0 Å². The number of likely N-dealkylation sites (tertiary alicyclic amines) is 2. The van der Waals surface area contributed by atoms with Gasteiger partial charge < -0.3 is 15.5 Å². The van der Waals surface area contributed by atoms with Gasteiger partial charge in [0.25, 0.3) is 0 Å². The summed E-state index contributed by atoms with van der Waals surface area (Å²) in [4.78, 5) is 33.3. The number of likely N-dealkylation sites (N-methyl/N-ethyl adjacent to an activating group) is 1. The van der Waals surface area contributed by atoms with E-state index in [0.717, 1.165) is 65.0 Å². The molecule has 142 valence electrons. The third-order valence-electron chi connectivity index (χ3n) is 6.46. The molecule has 2 amide bonds. The summed E-state index contributed by atoms with van der Waals surface area (Å²) in [5.74, 6) is -0.0154. The zero-order valence-corrected chi connectivity index (χ0v) is 15.7. The number of piperazine rings is 1. The Balaban J connectivity index is 1.63. The van der Waals surface area contributed by atoms with Crippen LogP contribution in [0.2, 0.25) is 0 Å². The van der Waals surface area contributed by atoms with Crippen LogP contribution in [-0.4, -0.2) is 103 Å². The van der Waals surface area contributed by atoms with Crippen LogP contribution in [0.15, 0.2) is 0 Å². The van der Waals surface area contributed by atoms with Crippen molar-refractivity contribution in [3.8, 4) is 0 Å². The molecular formula is C18H33N5O2. The predicted octanol–water partition coefficient (Wildman–Crippen LogP) is -0.578.